The Morgan fingerprint density at radius 1 is 0.900 bits per heavy atom. The summed E-state index contributed by atoms with van der Waals surface area (Å²) >= 11 is 0. The number of nitrogens with one attached hydrogen (secondary N) is 2. The van der Waals surface area contributed by atoms with Crippen LogP contribution in [0.25, 0.3) is 33.1 Å². The summed E-state index contributed by atoms with van der Waals surface area (Å²) in [4.78, 5) is 77.7. The number of pyridine rings is 2. The van der Waals surface area contributed by atoms with Crippen molar-refractivity contribution in [3.05, 3.63) is 87.2 Å². The van der Waals surface area contributed by atoms with Gasteiger partial charge in [-0.3, -0.25) is 28.9 Å². The average molecular weight is 682 g/mol. The Balaban J connectivity index is 0.993. The van der Waals surface area contributed by atoms with Crippen molar-refractivity contribution in [2.45, 2.75) is 52.4 Å². The molecule has 0 spiro atoms. The maximum atomic E-state index is 13.2. The Morgan fingerprint density at radius 3 is 2.46 bits per heavy atom. The van der Waals surface area contributed by atoms with Gasteiger partial charge in [0.2, 0.25) is 11.8 Å². The number of carboxylic acid groups (broad SMARTS) is 1. The highest BCUT2D eigenvalue weighted by Crippen LogP contribution is 2.35. The van der Waals surface area contributed by atoms with E-state index < -0.39 is 12.1 Å². The van der Waals surface area contributed by atoms with Crippen molar-refractivity contribution in [2.24, 2.45) is 0 Å². The normalized spacial score (nSPS) is 13.2. The van der Waals surface area contributed by atoms with Crippen LogP contribution in [0.5, 0.6) is 0 Å². The molecule has 0 fully saturated rings. The molecule has 14 heteroatoms. The summed E-state index contributed by atoms with van der Waals surface area (Å²) in [6.07, 6.45) is 3.11. The van der Waals surface area contributed by atoms with Crippen molar-refractivity contribution in [1.82, 2.24) is 25.1 Å². The Labute approximate surface area is 285 Å². The second-order valence-corrected chi connectivity index (χ2v) is 12.2. The van der Waals surface area contributed by atoms with Crippen molar-refractivity contribution >= 4 is 51.5 Å². The predicted octanol–water partition coefficient (Wildman–Crippen LogP) is 3.27. The molecule has 4 heterocycles. The highest BCUT2D eigenvalue weighted by atomic mass is 16.7. The van der Waals surface area contributed by atoms with Crippen LogP contribution >= 0.6 is 0 Å². The number of imide groups is 1. The number of amides is 4. The number of unbranched alkanes of at least 4 members (excludes halogenated alkanes) is 2. The standard InChI is InChI=1S/C36H35N5O9/c1-21-13-29-34-24(17-41(29)35(46)27(21)19-50-36(47)48)15-26-25-14-22(6-7-23(25)8-9-28(26)39-34)18-49-20-38-31(43)16-37-30(42)5-3-2-4-12-40-32(44)10-11-33(40)45/h6-11,13-15H,2-5,12,16-20H2,1H3,(H,37,42)(H,38,43)(H,47,48). The average Bonchev–Trinajstić information content (AvgIpc) is 3.61. The van der Waals surface area contributed by atoms with E-state index in [0.717, 1.165) is 32.8 Å². The molecule has 6 rings (SSSR count). The molecule has 0 saturated heterocycles. The SMILES string of the molecule is Cc1cc2n(c(=O)c1COC(=O)O)Cc1cc3c(ccc4ccc(COCNC(=O)CNC(=O)CCCCCN5C(=O)C=CC5=O)cc43)nc1-2. The van der Waals surface area contributed by atoms with E-state index in [1.54, 1.807) is 11.5 Å². The first-order chi connectivity index (χ1) is 24.1. The number of hydrogen-bond donors (Lipinski definition) is 3. The van der Waals surface area contributed by atoms with Crippen LogP contribution in [0.4, 0.5) is 4.79 Å². The molecule has 4 aromatic rings. The Morgan fingerprint density at radius 2 is 1.68 bits per heavy atom. The quantitative estimate of drug-likeness (QED) is 0.0516. The third kappa shape index (κ3) is 7.39. The van der Waals surface area contributed by atoms with E-state index in [1.807, 2.05) is 42.5 Å². The summed E-state index contributed by atoms with van der Waals surface area (Å²) in [5, 5.41) is 17.0. The molecule has 50 heavy (non-hydrogen) atoms. The molecule has 14 nitrogen and oxygen atoms in total. The molecular formula is C36H35N5O9. The van der Waals surface area contributed by atoms with E-state index in [0.29, 0.717) is 54.9 Å². The van der Waals surface area contributed by atoms with Gasteiger partial charge in [0.25, 0.3) is 17.4 Å². The second kappa shape index (κ2) is 14.7. The van der Waals surface area contributed by atoms with Gasteiger partial charge in [0, 0.05) is 36.1 Å². The summed E-state index contributed by atoms with van der Waals surface area (Å²) in [7, 11) is 0. The number of hydrogen-bond acceptors (Lipinski definition) is 9. The van der Waals surface area contributed by atoms with E-state index in [1.165, 1.54) is 17.1 Å². The number of benzene rings is 2. The Bertz CT molecular complexity index is 2120. The summed E-state index contributed by atoms with van der Waals surface area (Å²) in [5.41, 5.74) is 4.51. The summed E-state index contributed by atoms with van der Waals surface area (Å²) in [5.74, 6) is -1.29. The third-order valence-electron chi connectivity index (χ3n) is 8.77. The molecule has 0 atom stereocenters. The largest absolute Gasteiger partial charge is 0.506 e. The maximum Gasteiger partial charge on any atom is 0.506 e. The topological polar surface area (TPSA) is 186 Å². The lowest BCUT2D eigenvalue weighted by molar-refractivity contribution is -0.137. The first-order valence-electron chi connectivity index (χ1n) is 16.2. The molecule has 3 N–H and O–H groups in total. The van der Waals surface area contributed by atoms with Gasteiger partial charge in [-0.25, -0.2) is 9.78 Å². The molecule has 2 aliphatic rings. The Kier molecular flexibility index (Phi) is 9.99. The predicted molar refractivity (Wildman–Crippen MR) is 181 cm³/mol. The summed E-state index contributed by atoms with van der Waals surface area (Å²) in [6, 6.07) is 13.7. The van der Waals surface area contributed by atoms with Crippen LogP contribution in [0, 0.1) is 6.92 Å². The fourth-order valence-corrected chi connectivity index (χ4v) is 6.15. The van der Waals surface area contributed by atoms with Gasteiger partial charge < -0.3 is 29.8 Å². The number of aromatic nitrogens is 2. The first-order valence-corrected chi connectivity index (χ1v) is 16.2. The second-order valence-electron chi connectivity index (χ2n) is 12.2. The molecule has 0 unspecified atom stereocenters. The van der Waals surface area contributed by atoms with Crippen molar-refractivity contribution < 1.29 is 38.6 Å². The highest BCUT2D eigenvalue weighted by Gasteiger charge is 2.25. The molecule has 0 saturated carbocycles. The zero-order valence-corrected chi connectivity index (χ0v) is 27.3. The summed E-state index contributed by atoms with van der Waals surface area (Å²) < 4.78 is 12.0. The monoisotopic (exact) mass is 681 g/mol. The lowest BCUT2D eigenvalue weighted by atomic mass is 10.0. The van der Waals surface area contributed by atoms with Gasteiger partial charge in [0.1, 0.15) is 13.3 Å². The van der Waals surface area contributed by atoms with Crippen LogP contribution in [0.15, 0.2) is 59.4 Å². The number of rotatable bonds is 14. The molecule has 4 amide bonds. The molecule has 0 radical (unpaired) electrons. The minimum atomic E-state index is -1.44. The van der Waals surface area contributed by atoms with Gasteiger partial charge in [-0.1, -0.05) is 24.6 Å². The van der Waals surface area contributed by atoms with Crippen LogP contribution in [-0.4, -0.2) is 69.2 Å². The van der Waals surface area contributed by atoms with E-state index in [9.17, 15) is 28.8 Å². The minimum Gasteiger partial charge on any atom is -0.450 e. The van der Waals surface area contributed by atoms with Crippen LogP contribution in [0.1, 0.15) is 47.9 Å². The van der Waals surface area contributed by atoms with Crippen LogP contribution < -0.4 is 16.2 Å². The third-order valence-corrected chi connectivity index (χ3v) is 8.77. The van der Waals surface area contributed by atoms with Gasteiger partial charge in [-0.2, -0.15) is 0 Å². The van der Waals surface area contributed by atoms with E-state index in [2.05, 4.69) is 15.4 Å². The van der Waals surface area contributed by atoms with Gasteiger partial charge in [0.15, 0.2) is 0 Å². The first kappa shape index (κ1) is 34.0. The molecule has 2 aliphatic heterocycles. The van der Waals surface area contributed by atoms with Crippen LogP contribution in [0.3, 0.4) is 0 Å². The van der Waals surface area contributed by atoms with Crippen molar-refractivity contribution in [3.8, 4) is 11.4 Å². The van der Waals surface area contributed by atoms with Gasteiger partial charge in [0.05, 0.1) is 42.2 Å². The van der Waals surface area contributed by atoms with Crippen molar-refractivity contribution in [3.63, 3.8) is 0 Å². The van der Waals surface area contributed by atoms with Gasteiger partial charge in [-0.15, -0.1) is 0 Å². The molecule has 0 bridgehead atoms. The van der Waals surface area contributed by atoms with Crippen LogP contribution in [-0.2, 0) is 48.4 Å². The van der Waals surface area contributed by atoms with E-state index in [-0.39, 0.29) is 56.2 Å². The zero-order chi connectivity index (χ0) is 35.4. The van der Waals surface area contributed by atoms with Crippen LogP contribution in [0.2, 0.25) is 0 Å². The number of fused-ring (bicyclic) bond motifs is 6. The number of nitrogens with zero attached hydrogens (tertiary/aromatic N) is 3. The molecule has 258 valence electrons. The maximum absolute atomic E-state index is 13.2. The van der Waals surface area contributed by atoms with E-state index >= 15 is 0 Å². The number of carbonyl (C=O) groups excluding carboxylic acids is 4. The number of carbonyl (C=O) groups is 5. The molecule has 2 aromatic heterocycles. The van der Waals surface area contributed by atoms with Gasteiger partial charge >= 0.3 is 6.16 Å². The van der Waals surface area contributed by atoms with E-state index in [4.69, 9.17) is 14.8 Å². The van der Waals surface area contributed by atoms with Crippen molar-refractivity contribution in [1.29, 1.82) is 0 Å². The lowest BCUT2D eigenvalue weighted by Gasteiger charge is -2.13. The van der Waals surface area contributed by atoms with Crippen molar-refractivity contribution in [2.75, 3.05) is 19.8 Å². The van der Waals surface area contributed by atoms with Gasteiger partial charge in [-0.05, 0) is 65.9 Å². The lowest BCUT2D eigenvalue weighted by Crippen LogP contribution is -2.37. The fourth-order valence-electron chi connectivity index (χ4n) is 6.15. The zero-order valence-electron chi connectivity index (χ0n) is 27.3. The molecule has 0 aliphatic carbocycles. The fraction of sp³-hybridized carbons (Fsp3) is 0.306. The molecule has 2 aromatic carbocycles. The highest BCUT2D eigenvalue weighted by molar-refractivity contribution is 6.12. The number of aryl methyl sites for hydroxylation is 1. The smallest absolute Gasteiger partial charge is 0.450 e. The molecular weight excluding hydrogens is 646 g/mol. The number of ether oxygens (including phenoxy) is 2. The minimum absolute atomic E-state index is 0.0495. The summed E-state index contributed by atoms with van der Waals surface area (Å²) in [6.45, 7) is 2.04. The Hall–Kier alpha value is -5.89.